The van der Waals surface area contributed by atoms with Gasteiger partial charge in [0.1, 0.15) is 6.04 Å². The number of likely N-dealkylation sites (tertiary alicyclic amines) is 1. The van der Waals surface area contributed by atoms with E-state index in [1.807, 2.05) is 6.92 Å². The molecule has 20 heavy (non-hydrogen) atoms. The molecule has 7 heteroatoms. The Bertz CT molecular complexity index is 451. The van der Waals surface area contributed by atoms with E-state index in [0.29, 0.717) is 25.9 Å². The van der Waals surface area contributed by atoms with Crippen molar-refractivity contribution in [1.82, 2.24) is 9.21 Å². The Morgan fingerprint density at radius 2 is 1.95 bits per heavy atom. The van der Waals surface area contributed by atoms with Gasteiger partial charge in [0, 0.05) is 13.1 Å². The molecule has 2 heterocycles. The minimum atomic E-state index is -3.33. The van der Waals surface area contributed by atoms with E-state index < -0.39 is 16.1 Å². The van der Waals surface area contributed by atoms with Gasteiger partial charge in [-0.25, -0.2) is 8.42 Å². The van der Waals surface area contributed by atoms with Crippen LogP contribution in [0.4, 0.5) is 0 Å². The summed E-state index contributed by atoms with van der Waals surface area (Å²) in [7, 11) is -3.33. The third-order valence-electron chi connectivity index (χ3n) is 4.18. The molecule has 2 atom stereocenters. The van der Waals surface area contributed by atoms with Crippen LogP contribution in [0.5, 0.6) is 0 Å². The highest BCUT2D eigenvalue weighted by atomic mass is 32.2. The summed E-state index contributed by atoms with van der Waals surface area (Å²) in [6.07, 6.45) is 3.57. The SMILES string of the molecule is CCCS(=O)(=O)N1CCCC1C(=O)N1CCC[C@H]1CO. The van der Waals surface area contributed by atoms with Gasteiger partial charge in [-0.1, -0.05) is 6.92 Å². The van der Waals surface area contributed by atoms with Crippen LogP contribution in [0.2, 0.25) is 0 Å². The number of sulfonamides is 1. The molecule has 116 valence electrons. The number of aliphatic hydroxyl groups is 1. The maximum Gasteiger partial charge on any atom is 0.241 e. The molecular formula is C13H24N2O4S. The van der Waals surface area contributed by atoms with E-state index in [2.05, 4.69) is 0 Å². The summed E-state index contributed by atoms with van der Waals surface area (Å²) >= 11 is 0. The molecule has 0 bridgehead atoms. The number of carbonyl (C=O) groups is 1. The van der Waals surface area contributed by atoms with Crippen molar-refractivity contribution in [3.63, 3.8) is 0 Å². The molecule has 2 aliphatic heterocycles. The molecule has 1 unspecified atom stereocenters. The van der Waals surface area contributed by atoms with E-state index in [1.165, 1.54) is 4.31 Å². The monoisotopic (exact) mass is 304 g/mol. The highest BCUT2D eigenvalue weighted by molar-refractivity contribution is 7.89. The Labute approximate surface area is 120 Å². The van der Waals surface area contributed by atoms with Gasteiger partial charge in [-0.2, -0.15) is 4.31 Å². The largest absolute Gasteiger partial charge is 0.394 e. The number of hydrogen-bond acceptors (Lipinski definition) is 4. The first kappa shape index (κ1) is 15.7. The van der Waals surface area contributed by atoms with E-state index in [-0.39, 0.29) is 24.3 Å². The predicted octanol–water partition coefficient (Wildman–Crippen LogP) is 0.174. The number of aliphatic hydroxyl groups excluding tert-OH is 1. The Balaban J connectivity index is 2.12. The molecule has 2 rings (SSSR count). The molecule has 0 aromatic heterocycles. The van der Waals surface area contributed by atoms with E-state index in [9.17, 15) is 18.3 Å². The molecule has 2 saturated heterocycles. The van der Waals surface area contributed by atoms with E-state index in [0.717, 1.165) is 19.3 Å². The lowest BCUT2D eigenvalue weighted by Crippen LogP contribution is -2.50. The highest BCUT2D eigenvalue weighted by Crippen LogP contribution is 2.26. The van der Waals surface area contributed by atoms with Gasteiger partial charge in [0.25, 0.3) is 0 Å². The Kier molecular flexibility index (Phi) is 5.04. The molecule has 2 aliphatic rings. The Hall–Kier alpha value is -0.660. The fraction of sp³-hybridized carbons (Fsp3) is 0.923. The number of hydrogen-bond donors (Lipinski definition) is 1. The second kappa shape index (κ2) is 6.41. The van der Waals surface area contributed by atoms with Crippen molar-refractivity contribution < 1.29 is 18.3 Å². The standard InChI is InChI=1S/C13H24N2O4S/c1-2-9-20(18,19)15-8-4-6-12(15)13(17)14-7-3-5-11(14)10-16/h11-12,16H,2-10H2,1H3/t11-,12?/m0/s1. The van der Waals surface area contributed by atoms with E-state index >= 15 is 0 Å². The summed E-state index contributed by atoms with van der Waals surface area (Å²) in [5.74, 6) is -0.0287. The molecule has 0 saturated carbocycles. The first-order chi connectivity index (χ1) is 9.51. The zero-order valence-corrected chi connectivity index (χ0v) is 12.8. The van der Waals surface area contributed by atoms with Crippen LogP contribution in [-0.4, -0.2) is 66.2 Å². The Morgan fingerprint density at radius 1 is 1.25 bits per heavy atom. The van der Waals surface area contributed by atoms with Gasteiger partial charge in [-0.15, -0.1) is 0 Å². The van der Waals surface area contributed by atoms with Crippen molar-refractivity contribution >= 4 is 15.9 Å². The number of nitrogens with zero attached hydrogens (tertiary/aromatic N) is 2. The summed E-state index contributed by atoms with van der Waals surface area (Å²) in [6, 6.07) is -0.697. The van der Waals surface area contributed by atoms with E-state index in [1.54, 1.807) is 4.90 Å². The summed E-state index contributed by atoms with van der Waals surface area (Å²) in [5, 5.41) is 9.31. The van der Waals surface area contributed by atoms with Crippen LogP contribution in [0, 0.1) is 0 Å². The summed E-state index contributed by atoms with van der Waals surface area (Å²) < 4.78 is 25.8. The molecule has 0 radical (unpaired) electrons. The number of amides is 1. The van der Waals surface area contributed by atoms with Crippen molar-refractivity contribution in [2.75, 3.05) is 25.4 Å². The fourth-order valence-electron chi connectivity index (χ4n) is 3.20. The first-order valence-corrected chi connectivity index (χ1v) is 9.03. The van der Waals surface area contributed by atoms with Gasteiger partial charge < -0.3 is 10.0 Å². The quantitative estimate of drug-likeness (QED) is 0.785. The van der Waals surface area contributed by atoms with Crippen LogP contribution in [0.25, 0.3) is 0 Å². The second-order valence-electron chi connectivity index (χ2n) is 5.60. The van der Waals surface area contributed by atoms with Crippen LogP contribution in [0.3, 0.4) is 0 Å². The molecule has 0 aromatic carbocycles. The van der Waals surface area contributed by atoms with Crippen LogP contribution >= 0.6 is 0 Å². The summed E-state index contributed by atoms with van der Waals surface area (Å²) in [4.78, 5) is 14.3. The van der Waals surface area contributed by atoms with Crippen molar-refractivity contribution in [2.24, 2.45) is 0 Å². The van der Waals surface area contributed by atoms with Crippen LogP contribution in [0.1, 0.15) is 39.0 Å². The number of rotatable bonds is 5. The van der Waals surface area contributed by atoms with Gasteiger partial charge in [-0.3, -0.25) is 4.79 Å². The average Bonchev–Trinajstić information content (AvgIpc) is 3.06. The maximum absolute atomic E-state index is 12.6. The van der Waals surface area contributed by atoms with Gasteiger partial charge >= 0.3 is 0 Å². The highest BCUT2D eigenvalue weighted by Gasteiger charge is 2.42. The first-order valence-electron chi connectivity index (χ1n) is 7.42. The normalized spacial score (nSPS) is 28.2. The number of carbonyl (C=O) groups excluding carboxylic acids is 1. The average molecular weight is 304 g/mol. The fourth-order valence-corrected chi connectivity index (χ4v) is 4.94. The van der Waals surface area contributed by atoms with Gasteiger partial charge in [-0.05, 0) is 32.1 Å². The third-order valence-corrected chi connectivity index (χ3v) is 6.25. The van der Waals surface area contributed by atoms with Crippen LogP contribution < -0.4 is 0 Å². The minimum Gasteiger partial charge on any atom is -0.394 e. The second-order valence-corrected chi connectivity index (χ2v) is 7.64. The molecule has 0 aliphatic carbocycles. The van der Waals surface area contributed by atoms with Crippen LogP contribution in [-0.2, 0) is 14.8 Å². The lowest BCUT2D eigenvalue weighted by atomic mass is 10.2. The van der Waals surface area contributed by atoms with Gasteiger partial charge in [0.15, 0.2) is 0 Å². The van der Waals surface area contributed by atoms with Gasteiger partial charge in [0.05, 0.1) is 18.4 Å². The molecule has 2 fully saturated rings. The lowest BCUT2D eigenvalue weighted by Gasteiger charge is -2.30. The maximum atomic E-state index is 12.6. The molecule has 0 spiro atoms. The molecule has 6 nitrogen and oxygen atoms in total. The lowest BCUT2D eigenvalue weighted by molar-refractivity contribution is -0.136. The molecule has 0 aromatic rings. The molecular weight excluding hydrogens is 280 g/mol. The summed E-state index contributed by atoms with van der Waals surface area (Å²) in [6.45, 7) is 2.85. The van der Waals surface area contributed by atoms with Crippen molar-refractivity contribution in [2.45, 2.75) is 51.1 Å². The van der Waals surface area contributed by atoms with Crippen molar-refractivity contribution in [1.29, 1.82) is 0 Å². The van der Waals surface area contributed by atoms with Crippen LogP contribution in [0.15, 0.2) is 0 Å². The van der Waals surface area contributed by atoms with Crippen molar-refractivity contribution in [3.05, 3.63) is 0 Å². The Morgan fingerprint density at radius 3 is 2.60 bits per heavy atom. The minimum absolute atomic E-state index is 0.0415. The van der Waals surface area contributed by atoms with E-state index in [4.69, 9.17) is 0 Å². The van der Waals surface area contributed by atoms with Gasteiger partial charge in [0.2, 0.25) is 15.9 Å². The summed E-state index contributed by atoms with van der Waals surface area (Å²) in [5.41, 5.74) is 0. The predicted molar refractivity (Wildman–Crippen MR) is 75.6 cm³/mol. The smallest absolute Gasteiger partial charge is 0.241 e. The van der Waals surface area contributed by atoms with Crippen molar-refractivity contribution in [3.8, 4) is 0 Å². The third kappa shape index (κ3) is 2.99. The molecule has 1 N–H and O–H groups in total. The molecule has 1 amide bonds. The topological polar surface area (TPSA) is 77.9 Å². The zero-order valence-electron chi connectivity index (χ0n) is 12.0. The zero-order chi connectivity index (χ0) is 14.8.